The van der Waals surface area contributed by atoms with Crippen LogP contribution in [-0.2, 0) is 0 Å². The molecule has 1 aliphatic rings. The van der Waals surface area contributed by atoms with Crippen molar-refractivity contribution in [1.82, 2.24) is 4.98 Å². The summed E-state index contributed by atoms with van der Waals surface area (Å²) in [7, 11) is 1.61. The summed E-state index contributed by atoms with van der Waals surface area (Å²) in [4.78, 5) is 15.2. The minimum atomic E-state index is -0.130. The van der Waals surface area contributed by atoms with Gasteiger partial charge in [0.2, 0.25) is 0 Å². The van der Waals surface area contributed by atoms with E-state index in [2.05, 4.69) is 4.98 Å². The number of pyridine rings is 1. The molecular weight excluding hydrogens is 294 g/mol. The molecule has 0 radical (unpaired) electrons. The molecule has 0 atom stereocenters. The van der Waals surface area contributed by atoms with Crippen LogP contribution < -0.4 is 19.8 Å². The van der Waals surface area contributed by atoms with Crippen LogP contribution in [0.3, 0.4) is 0 Å². The van der Waals surface area contributed by atoms with Crippen molar-refractivity contribution in [1.29, 1.82) is 0 Å². The summed E-state index contributed by atoms with van der Waals surface area (Å²) in [6, 6.07) is 13.0. The van der Waals surface area contributed by atoms with Gasteiger partial charge in [-0.2, -0.15) is 0 Å². The Hall–Kier alpha value is -2.95. The molecule has 1 N–H and O–H groups in total. The van der Waals surface area contributed by atoms with Gasteiger partial charge in [0, 0.05) is 16.6 Å². The highest BCUT2D eigenvalue weighted by molar-refractivity contribution is 5.86. The molecule has 0 spiro atoms. The van der Waals surface area contributed by atoms with Crippen molar-refractivity contribution in [3.63, 3.8) is 0 Å². The minimum Gasteiger partial charge on any atom is -0.497 e. The zero-order valence-corrected chi connectivity index (χ0v) is 12.6. The quantitative estimate of drug-likeness (QED) is 0.790. The second kappa shape index (κ2) is 5.35. The summed E-state index contributed by atoms with van der Waals surface area (Å²) < 4.78 is 16.4. The summed E-state index contributed by atoms with van der Waals surface area (Å²) in [6.07, 6.45) is 0. The maximum absolute atomic E-state index is 12.3. The van der Waals surface area contributed by atoms with Gasteiger partial charge < -0.3 is 19.2 Å². The molecule has 0 fully saturated rings. The van der Waals surface area contributed by atoms with Crippen molar-refractivity contribution in [3.05, 3.63) is 52.8 Å². The molecule has 116 valence electrons. The van der Waals surface area contributed by atoms with E-state index in [9.17, 15) is 4.79 Å². The average Bonchev–Trinajstić information content (AvgIpc) is 2.60. The number of aromatic nitrogens is 1. The van der Waals surface area contributed by atoms with E-state index in [1.165, 1.54) is 0 Å². The third-order valence-corrected chi connectivity index (χ3v) is 3.90. The third kappa shape index (κ3) is 2.40. The summed E-state index contributed by atoms with van der Waals surface area (Å²) in [5, 5.41) is 1.46. The van der Waals surface area contributed by atoms with Crippen LogP contribution in [0.4, 0.5) is 0 Å². The first kappa shape index (κ1) is 13.7. The van der Waals surface area contributed by atoms with Gasteiger partial charge in [-0.3, -0.25) is 4.79 Å². The smallest absolute Gasteiger partial charge is 0.256 e. The van der Waals surface area contributed by atoms with Crippen molar-refractivity contribution in [3.8, 4) is 28.5 Å². The second-order valence-electron chi connectivity index (χ2n) is 5.32. The van der Waals surface area contributed by atoms with Crippen molar-refractivity contribution >= 4 is 10.8 Å². The predicted molar refractivity (Wildman–Crippen MR) is 87.5 cm³/mol. The molecule has 2 heterocycles. The number of hydrogen-bond donors (Lipinski definition) is 1. The molecule has 5 nitrogen and oxygen atoms in total. The SMILES string of the molecule is COc1ccc2c(=O)[nH]c(-c3ccc4c(c3)OCCO4)cc2c1. The van der Waals surface area contributed by atoms with Crippen LogP contribution >= 0.6 is 0 Å². The van der Waals surface area contributed by atoms with E-state index in [-0.39, 0.29) is 5.56 Å². The standard InChI is InChI=1S/C18H15NO4/c1-21-13-3-4-14-12(8-13)9-15(19-18(14)20)11-2-5-16-17(10-11)23-7-6-22-16/h2-5,8-10H,6-7H2,1H3,(H,19,20). The van der Waals surface area contributed by atoms with Gasteiger partial charge >= 0.3 is 0 Å². The molecular formula is C18H15NO4. The zero-order chi connectivity index (χ0) is 15.8. The van der Waals surface area contributed by atoms with E-state index in [0.29, 0.717) is 24.3 Å². The lowest BCUT2D eigenvalue weighted by Gasteiger charge is -2.18. The molecule has 2 aromatic carbocycles. The molecule has 1 aromatic heterocycles. The Morgan fingerprint density at radius 1 is 1.00 bits per heavy atom. The van der Waals surface area contributed by atoms with Gasteiger partial charge in [0.05, 0.1) is 7.11 Å². The van der Waals surface area contributed by atoms with Crippen molar-refractivity contribution < 1.29 is 14.2 Å². The van der Waals surface area contributed by atoms with Crippen LogP contribution in [0.1, 0.15) is 0 Å². The molecule has 23 heavy (non-hydrogen) atoms. The first-order valence-corrected chi connectivity index (χ1v) is 7.36. The fourth-order valence-electron chi connectivity index (χ4n) is 2.74. The van der Waals surface area contributed by atoms with Crippen molar-refractivity contribution in [2.24, 2.45) is 0 Å². The number of H-pyrrole nitrogens is 1. The topological polar surface area (TPSA) is 60.6 Å². The molecule has 0 saturated heterocycles. The van der Waals surface area contributed by atoms with Crippen molar-refractivity contribution in [2.75, 3.05) is 20.3 Å². The summed E-state index contributed by atoms with van der Waals surface area (Å²) in [5.74, 6) is 2.14. The Balaban J connectivity index is 1.86. The Bertz CT molecular complexity index is 945. The monoisotopic (exact) mass is 309 g/mol. The van der Waals surface area contributed by atoms with E-state index >= 15 is 0 Å². The third-order valence-electron chi connectivity index (χ3n) is 3.90. The molecule has 3 aromatic rings. The van der Waals surface area contributed by atoms with Crippen LogP contribution in [0, 0.1) is 0 Å². The minimum absolute atomic E-state index is 0.130. The Morgan fingerprint density at radius 2 is 1.83 bits per heavy atom. The maximum atomic E-state index is 12.3. The Morgan fingerprint density at radius 3 is 2.65 bits per heavy atom. The number of aromatic amines is 1. The molecule has 0 bridgehead atoms. The van der Waals surface area contributed by atoms with E-state index in [4.69, 9.17) is 14.2 Å². The molecule has 4 rings (SSSR count). The van der Waals surface area contributed by atoms with Gasteiger partial charge in [-0.15, -0.1) is 0 Å². The number of methoxy groups -OCH3 is 1. The molecule has 5 heteroatoms. The van der Waals surface area contributed by atoms with Crippen LogP contribution in [0.25, 0.3) is 22.0 Å². The predicted octanol–water partition coefficient (Wildman–Crippen LogP) is 2.97. The van der Waals surface area contributed by atoms with Gasteiger partial charge in [-0.05, 0) is 47.9 Å². The highest BCUT2D eigenvalue weighted by Gasteiger charge is 2.13. The lowest BCUT2D eigenvalue weighted by Crippen LogP contribution is -2.15. The molecule has 0 aliphatic carbocycles. The lowest BCUT2D eigenvalue weighted by molar-refractivity contribution is 0.171. The van der Waals surface area contributed by atoms with Gasteiger partial charge in [0.25, 0.3) is 5.56 Å². The highest BCUT2D eigenvalue weighted by atomic mass is 16.6. The first-order chi connectivity index (χ1) is 11.2. The highest BCUT2D eigenvalue weighted by Crippen LogP contribution is 2.34. The summed E-state index contributed by atoms with van der Waals surface area (Å²) in [5.41, 5.74) is 1.47. The Labute approximate surface area is 132 Å². The fourth-order valence-corrected chi connectivity index (χ4v) is 2.74. The normalized spacial score (nSPS) is 13.1. The molecule has 0 amide bonds. The van der Waals surface area contributed by atoms with Crippen LogP contribution in [0.5, 0.6) is 17.2 Å². The van der Waals surface area contributed by atoms with Crippen molar-refractivity contribution in [2.45, 2.75) is 0 Å². The van der Waals surface area contributed by atoms with Crippen LogP contribution in [0.2, 0.25) is 0 Å². The van der Waals surface area contributed by atoms with Gasteiger partial charge in [-0.25, -0.2) is 0 Å². The maximum Gasteiger partial charge on any atom is 0.256 e. The fraction of sp³-hybridized carbons (Fsp3) is 0.167. The number of hydrogen-bond acceptors (Lipinski definition) is 4. The summed E-state index contributed by atoms with van der Waals surface area (Å²) in [6.45, 7) is 1.08. The number of nitrogens with one attached hydrogen (secondary N) is 1. The van der Waals surface area contributed by atoms with E-state index < -0.39 is 0 Å². The van der Waals surface area contributed by atoms with Gasteiger partial charge in [-0.1, -0.05) is 0 Å². The number of rotatable bonds is 2. The zero-order valence-electron chi connectivity index (χ0n) is 12.6. The average molecular weight is 309 g/mol. The van der Waals surface area contributed by atoms with Crippen LogP contribution in [-0.4, -0.2) is 25.3 Å². The van der Waals surface area contributed by atoms with E-state index in [0.717, 1.165) is 28.1 Å². The van der Waals surface area contributed by atoms with Gasteiger partial charge in [0.15, 0.2) is 11.5 Å². The number of fused-ring (bicyclic) bond motifs is 2. The van der Waals surface area contributed by atoms with E-state index in [1.807, 2.05) is 30.3 Å². The van der Waals surface area contributed by atoms with Gasteiger partial charge in [0.1, 0.15) is 19.0 Å². The molecule has 0 unspecified atom stereocenters. The van der Waals surface area contributed by atoms with E-state index in [1.54, 1.807) is 19.2 Å². The van der Waals surface area contributed by atoms with Crippen LogP contribution in [0.15, 0.2) is 47.3 Å². The number of benzene rings is 2. The number of ether oxygens (including phenoxy) is 3. The summed E-state index contributed by atoms with van der Waals surface area (Å²) >= 11 is 0. The Kier molecular flexibility index (Phi) is 3.19. The lowest BCUT2D eigenvalue weighted by atomic mass is 10.1. The molecule has 1 aliphatic heterocycles. The first-order valence-electron chi connectivity index (χ1n) is 7.36. The largest absolute Gasteiger partial charge is 0.497 e. The molecule has 0 saturated carbocycles. The second-order valence-corrected chi connectivity index (χ2v) is 5.32.